The molecule has 0 amide bonds. The molecule has 0 saturated heterocycles. The fourth-order valence-electron chi connectivity index (χ4n) is 1.44. The number of nitrogens with one attached hydrogen (secondary N) is 2. The Balaban J connectivity index is 2.05. The van der Waals surface area contributed by atoms with Crippen LogP contribution in [0.5, 0.6) is 0 Å². The van der Waals surface area contributed by atoms with Crippen molar-refractivity contribution in [3.8, 4) is 0 Å². The van der Waals surface area contributed by atoms with E-state index in [-0.39, 0.29) is 16.4 Å². The summed E-state index contributed by atoms with van der Waals surface area (Å²) >= 11 is 1.11. The lowest BCUT2D eigenvalue weighted by Gasteiger charge is -2.02. The Kier molecular flexibility index (Phi) is 4.40. The first-order valence-corrected chi connectivity index (χ1v) is 8.13. The van der Waals surface area contributed by atoms with E-state index in [1.807, 2.05) is 0 Å². The van der Waals surface area contributed by atoms with Gasteiger partial charge in [-0.15, -0.1) is 11.3 Å². The second-order valence-corrected chi connectivity index (χ2v) is 6.32. The third-order valence-corrected chi connectivity index (χ3v) is 4.56. The fourth-order valence-corrected chi connectivity index (χ4v) is 3.38. The first kappa shape index (κ1) is 14.5. The number of esters is 1. The number of rotatable bonds is 6. The largest absolute Gasteiger partial charge is 0.466 e. The van der Waals surface area contributed by atoms with Crippen molar-refractivity contribution in [1.29, 1.82) is 0 Å². The number of thiazole rings is 1. The minimum absolute atomic E-state index is 0.0240. The van der Waals surface area contributed by atoms with Crippen LogP contribution >= 0.6 is 11.3 Å². The highest BCUT2D eigenvalue weighted by molar-refractivity contribution is 7.93. The van der Waals surface area contributed by atoms with Crippen LogP contribution in [-0.2, 0) is 26.0 Å². The lowest BCUT2D eigenvalue weighted by atomic mass is 10.3. The van der Waals surface area contributed by atoms with E-state index in [0.29, 0.717) is 12.3 Å². The van der Waals surface area contributed by atoms with E-state index in [1.54, 1.807) is 12.3 Å². The Hall–Kier alpha value is -1.87. The second-order valence-electron chi connectivity index (χ2n) is 3.78. The second kappa shape index (κ2) is 6.06. The predicted octanol–water partition coefficient (Wildman–Crippen LogP) is 1.38. The van der Waals surface area contributed by atoms with E-state index in [4.69, 9.17) is 4.74 Å². The van der Waals surface area contributed by atoms with Gasteiger partial charge in [-0.3, -0.25) is 9.52 Å². The lowest BCUT2D eigenvalue weighted by molar-refractivity contribution is -0.142. The van der Waals surface area contributed by atoms with E-state index in [1.165, 1.54) is 18.5 Å². The molecule has 0 radical (unpaired) electrons. The lowest BCUT2D eigenvalue weighted by Crippen LogP contribution is -2.12. The van der Waals surface area contributed by atoms with Crippen molar-refractivity contribution < 1.29 is 17.9 Å². The van der Waals surface area contributed by atoms with Gasteiger partial charge in [0, 0.05) is 17.8 Å². The van der Waals surface area contributed by atoms with Crippen molar-refractivity contribution in [3.63, 3.8) is 0 Å². The Morgan fingerprint density at radius 2 is 2.35 bits per heavy atom. The number of ether oxygens (including phenoxy) is 1. The minimum Gasteiger partial charge on any atom is -0.466 e. The molecular formula is C11H13N3O4S2. The molecule has 0 unspecified atom stereocenters. The number of carbonyl (C=O) groups is 1. The van der Waals surface area contributed by atoms with Crippen molar-refractivity contribution in [2.75, 3.05) is 11.3 Å². The molecule has 20 heavy (non-hydrogen) atoms. The molecule has 0 aromatic carbocycles. The van der Waals surface area contributed by atoms with E-state index in [9.17, 15) is 13.2 Å². The van der Waals surface area contributed by atoms with E-state index in [2.05, 4.69) is 14.7 Å². The molecule has 2 aromatic heterocycles. The van der Waals surface area contributed by atoms with Crippen LogP contribution in [0.25, 0.3) is 0 Å². The molecule has 7 nitrogen and oxygen atoms in total. The number of aromatic amines is 1. The van der Waals surface area contributed by atoms with Gasteiger partial charge < -0.3 is 9.72 Å². The standard InChI is InChI=1S/C11H13N3O4S2/c1-2-18-10(15)5-8-7-19-11(13-8)14-20(16,17)9-3-4-12-6-9/h3-4,6-7,12H,2,5H2,1H3,(H,13,14). The zero-order valence-corrected chi connectivity index (χ0v) is 12.3. The van der Waals surface area contributed by atoms with Gasteiger partial charge in [-0.1, -0.05) is 0 Å². The molecule has 2 rings (SSSR count). The molecular weight excluding hydrogens is 302 g/mol. The third-order valence-electron chi connectivity index (χ3n) is 2.28. The van der Waals surface area contributed by atoms with E-state index in [0.717, 1.165) is 11.3 Å². The van der Waals surface area contributed by atoms with Gasteiger partial charge in [0.1, 0.15) is 4.90 Å². The summed E-state index contributed by atoms with van der Waals surface area (Å²) in [5.41, 5.74) is 0.472. The molecule has 2 heterocycles. The van der Waals surface area contributed by atoms with Crippen molar-refractivity contribution in [2.24, 2.45) is 0 Å². The maximum atomic E-state index is 11.9. The molecule has 2 aromatic rings. The highest BCUT2D eigenvalue weighted by atomic mass is 32.2. The zero-order chi connectivity index (χ0) is 14.6. The zero-order valence-electron chi connectivity index (χ0n) is 10.6. The smallest absolute Gasteiger partial charge is 0.311 e. The highest BCUT2D eigenvalue weighted by Crippen LogP contribution is 2.20. The molecule has 0 atom stereocenters. The Morgan fingerprint density at radius 1 is 1.55 bits per heavy atom. The molecule has 0 aliphatic carbocycles. The van der Waals surface area contributed by atoms with Crippen LogP contribution < -0.4 is 4.72 Å². The van der Waals surface area contributed by atoms with Gasteiger partial charge in [-0.25, -0.2) is 13.4 Å². The summed E-state index contributed by atoms with van der Waals surface area (Å²) in [4.78, 5) is 18.1. The molecule has 0 aliphatic rings. The number of nitrogens with zero attached hydrogens (tertiary/aromatic N) is 1. The van der Waals surface area contributed by atoms with Gasteiger partial charge in [0.2, 0.25) is 0 Å². The normalized spacial score (nSPS) is 11.2. The van der Waals surface area contributed by atoms with Crippen LogP contribution in [0.4, 0.5) is 5.13 Å². The van der Waals surface area contributed by atoms with Gasteiger partial charge in [0.15, 0.2) is 5.13 Å². The fraction of sp³-hybridized carbons (Fsp3) is 0.273. The SMILES string of the molecule is CCOC(=O)Cc1csc(NS(=O)(=O)c2cc[nH]c2)n1. The van der Waals surface area contributed by atoms with Crippen LogP contribution in [0.3, 0.4) is 0 Å². The third kappa shape index (κ3) is 3.58. The summed E-state index contributed by atoms with van der Waals surface area (Å²) in [6.45, 7) is 2.02. The Bertz CT molecular complexity index is 676. The predicted molar refractivity (Wildman–Crippen MR) is 74.1 cm³/mol. The van der Waals surface area contributed by atoms with Crippen LogP contribution in [-0.4, -0.2) is 31.0 Å². The van der Waals surface area contributed by atoms with Crippen LogP contribution in [0.2, 0.25) is 0 Å². The number of anilines is 1. The van der Waals surface area contributed by atoms with Crippen LogP contribution in [0.15, 0.2) is 28.7 Å². The molecule has 0 fully saturated rings. The summed E-state index contributed by atoms with van der Waals surface area (Å²) in [6.07, 6.45) is 2.91. The summed E-state index contributed by atoms with van der Waals surface area (Å²) in [5, 5.41) is 1.83. The van der Waals surface area contributed by atoms with Crippen molar-refractivity contribution in [1.82, 2.24) is 9.97 Å². The molecule has 0 bridgehead atoms. The maximum Gasteiger partial charge on any atom is 0.311 e. The number of aromatic nitrogens is 2. The molecule has 2 N–H and O–H groups in total. The summed E-state index contributed by atoms with van der Waals surface area (Å²) in [5.74, 6) is -0.391. The minimum atomic E-state index is -3.64. The van der Waals surface area contributed by atoms with Gasteiger partial charge in [0.05, 0.1) is 18.7 Å². The summed E-state index contributed by atoms with van der Waals surface area (Å²) in [6, 6.07) is 1.44. The van der Waals surface area contributed by atoms with Gasteiger partial charge in [0.25, 0.3) is 10.0 Å². The first-order valence-electron chi connectivity index (χ1n) is 5.77. The van der Waals surface area contributed by atoms with E-state index >= 15 is 0 Å². The average Bonchev–Trinajstić information content (AvgIpc) is 3.00. The Morgan fingerprint density at radius 3 is 3.00 bits per heavy atom. The average molecular weight is 315 g/mol. The summed E-state index contributed by atoms with van der Waals surface area (Å²) < 4.78 is 31.0. The van der Waals surface area contributed by atoms with Gasteiger partial charge in [-0.2, -0.15) is 0 Å². The van der Waals surface area contributed by atoms with Gasteiger partial charge in [-0.05, 0) is 13.0 Å². The molecule has 0 spiro atoms. The van der Waals surface area contributed by atoms with Crippen molar-refractivity contribution >= 4 is 32.5 Å². The Labute approximate surface area is 120 Å². The van der Waals surface area contributed by atoms with Crippen molar-refractivity contribution in [2.45, 2.75) is 18.2 Å². The quantitative estimate of drug-likeness (QED) is 0.784. The number of H-pyrrole nitrogens is 1. The number of carbonyl (C=O) groups excluding carboxylic acids is 1. The maximum absolute atomic E-state index is 11.9. The number of hydrogen-bond donors (Lipinski definition) is 2. The van der Waals surface area contributed by atoms with E-state index < -0.39 is 16.0 Å². The molecule has 0 saturated carbocycles. The number of hydrogen-bond acceptors (Lipinski definition) is 6. The highest BCUT2D eigenvalue weighted by Gasteiger charge is 2.17. The number of sulfonamides is 1. The molecule has 108 valence electrons. The summed E-state index contributed by atoms with van der Waals surface area (Å²) in [7, 11) is -3.64. The topological polar surface area (TPSA) is 101 Å². The van der Waals surface area contributed by atoms with Crippen LogP contribution in [0, 0.1) is 0 Å². The first-order chi connectivity index (χ1) is 9.51. The van der Waals surface area contributed by atoms with Gasteiger partial charge >= 0.3 is 5.97 Å². The van der Waals surface area contributed by atoms with Crippen molar-refractivity contribution in [3.05, 3.63) is 29.5 Å². The molecule has 0 aliphatic heterocycles. The molecule has 9 heteroatoms. The monoisotopic (exact) mass is 315 g/mol. The van der Waals surface area contributed by atoms with Crippen LogP contribution in [0.1, 0.15) is 12.6 Å².